The second-order valence-electron chi connectivity index (χ2n) is 5.41. The molecule has 1 saturated heterocycles. The van der Waals surface area contributed by atoms with Crippen LogP contribution in [0.4, 0.5) is 14.6 Å². The fourth-order valence-corrected chi connectivity index (χ4v) is 3.56. The first-order valence-corrected chi connectivity index (χ1v) is 9.07. The largest absolute Gasteiger partial charge is 0.366 e. The molecule has 0 saturated carbocycles. The van der Waals surface area contributed by atoms with Gasteiger partial charge in [-0.1, -0.05) is 34.5 Å². The van der Waals surface area contributed by atoms with E-state index in [1.165, 1.54) is 0 Å². The highest BCUT2D eigenvalue weighted by molar-refractivity contribution is 7.22. The number of thiazole rings is 1. The molecule has 1 atom stereocenters. The molecule has 1 aromatic carbocycles. The number of rotatable bonds is 4. The van der Waals surface area contributed by atoms with Gasteiger partial charge in [-0.15, -0.1) is 0 Å². The van der Waals surface area contributed by atoms with Crippen LogP contribution in [-0.4, -0.2) is 39.0 Å². The summed E-state index contributed by atoms with van der Waals surface area (Å²) in [7, 11) is 0. The Morgan fingerprint density at radius 3 is 2.93 bits per heavy atom. The lowest BCUT2D eigenvalue weighted by molar-refractivity contribution is 0.211. The van der Waals surface area contributed by atoms with Gasteiger partial charge in [0.15, 0.2) is 23.2 Å². The highest BCUT2D eigenvalue weighted by Gasteiger charge is 2.21. The van der Waals surface area contributed by atoms with E-state index >= 15 is 0 Å². The monoisotopic (exact) mass is 437 g/mol. The number of nitrogens with zero attached hydrogens (tertiary/aromatic N) is 4. The van der Waals surface area contributed by atoms with Crippen molar-refractivity contribution in [1.29, 1.82) is 0 Å². The van der Waals surface area contributed by atoms with Crippen molar-refractivity contribution < 1.29 is 19.8 Å². The van der Waals surface area contributed by atoms with E-state index in [1.807, 2.05) is 0 Å². The third kappa shape index (κ3) is 4.13. The van der Waals surface area contributed by atoms with Crippen molar-refractivity contribution in [1.82, 2.24) is 19.9 Å². The normalized spacial score (nSPS) is 26.5. The molecular formula is C17H15Cl2F2N5S. The molecule has 142 valence electrons. The minimum Gasteiger partial charge on any atom is -0.366 e. The smallest absolute Gasteiger partial charge is 0.186 e. The molecule has 0 spiro atoms. The minimum atomic E-state index is -2.92. The molecule has 3 heterocycles. The van der Waals surface area contributed by atoms with Gasteiger partial charge in [0.05, 0.1) is 6.39 Å². The van der Waals surface area contributed by atoms with Gasteiger partial charge in [0, 0.05) is 32.5 Å². The summed E-state index contributed by atoms with van der Waals surface area (Å²) >= 11 is 12.4. The van der Waals surface area contributed by atoms with Crippen molar-refractivity contribution in [2.45, 2.75) is 25.3 Å². The van der Waals surface area contributed by atoms with Crippen molar-refractivity contribution in [3.8, 4) is 0 Å². The second-order valence-corrected chi connectivity index (χ2v) is 7.40. The Morgan fingerprint density at radius 1 is 1.41 bits per heavy atom. The molecule has 5 nitrogen and oxygen atoms in total. The summed E-state index contributed by atoms with van der Waals surface area (Å²) in [5.41, 5.74) is -0.202. The summed E-state index contributed by atoms with van der Waals surface area (Å²) in [6.07, 6.45) is -6.21. The van der Waals surface area contributed by atoms with Crippen LogP contribution in [0.25, 0.3) is 10.3 Å². The van der Waals surface area contributed by atoms with Gasteiger partial charge in [0.1, 0.15) is 18.2 Å². The summed E-state index contributed by atoms with van der Waals surface area (Å²) in [6.45, 7) is -2.99. The molecule has 27 heavy (non-hydrogen) atoms. The summed E-state index contributed by atoms with van der Waals surface area (Å²) in [4.78, 5) is 12.5. The fourth-order valence-electron chi connectivity index (χ4n) is 2.36. The Bertz CT molecular complexity index is 1270. The van der Waals surface area contributed by atoms with Crippen LogP contribution in [0.2, 0.25) is 10.9 Å². The standard InChI is InChI=1S/C17H15Cl2F2N5S/c18-11-5-9(6-12(20)13(11)21)7-26-3-1-10(2-4-26)24-15-14-16(23-8-22-15)25-17(19)27-14/h5-6,8,10H,1-4,7H2,(H,22,23,24)/i1D2,2D2,7D,8D,10D/hD. The summed E-state index contributed by atoms with van der Waals surface area (Å²) in [5.74, 6) is -3.05. The van der Waals surface area contributed by atoms with Gasteiger partial charge in [-0.25, -0.2) is 23.7 Å². The number of nitrogens with one attached hydrogen (secondary N) is 1. The molecule has 2 aromatic heterocycles. The molecule has 3 aromatic rings. The molecule has 0 amide bonds. The van der Waals surface area contributed by atoms with E-state index in [2.05, 4.69) is 15.0 Å². The van der Waals surface area contributed by atoms with Gasteiger partial charge in [0.2, 0.25) is 0 Å². The molecule has 1 aliphatic heterocycles. The number of hydrogen-bond acceptors (Lipinski definition) is 6. The molecule has 0 bridgehead atoms. The first kappa shape index (κ1) is 11.4. The highest BCUT2D eigenvalue weighted by atomic mass is 35.5. The number of aromatic nitrogens is 3. The van der Waals surface area contributed by atoms with E-state index in [0.717, 1.165) is 22.3 Å². The van der Waals surface area contributed by atoms with E-state index in [-0.39, 0.29) is 25.7 Å². The number of halogens is 4. The Labute approximate surface area is 179 Å². The molecule has 1 fully saturated rings. The zero-order chi connectivity index (χ0) is 26.1. The van der Waals surface area contributed by atoms with Crippen molar-refractivity contribution in [3.05, 3.63) is 45.1 Å². The van der Waals surface area contributed by atoms with Crippen LogP contribution in [-0.2, 0) is 6.52 Å². The number of likely N-dealkylation sites (tertiary alicyclic amines) is 1. The van der Waals surface area contributed by atoms with Gasteiger partial charge >= 0.3 is 0 Å². The summed E-state index contributed by atoms with van der Waals surface area (Å²) < 4.78 is 95.3. The van der Waals surface area contributed by atoms with E-state index in [9.17, 15) is 8.78 Å². The zero-order valence-corrected chi connectivity index (χ0v) is 15.6. The van der Waals surface area contributed by atoms with E-state index < -0.39 is 67.2 Å². The predicted octanol–water partition coefficient (Wildman–Crippen LogP) is 4.75. The van der Waals surface area contributed by atoms with Crippen molar-refractivity contribution in [3.63, 3.8) is 0 Å². The highest BCUT2D eigenvalue weighted by Crippen LogP contribution is 2.30. The molecule has 10 heteroatoms. The maximum atomic E-state index is 13.8. The lowest BCUT2D eigenvalue weighted by Gasteiger charge is -2.32. The molecule has 1 unspecified atom stereocenters. The van der Waals surface area contributed by atoms with Crippen molar-refractivity contribution in [2.75, 3.05) is 18.4 Å². The van der Waals surface area contributed by atoms with Gasteiger partial charge < -0.3 is 5.31 Å². The molecular weight excluding hydrogens is 415 g/mol. The van der Waals surface area contributed by atoms with Crippen LogP contribution in [0, 0.1) is 11.6 Å². The van der Waals surface area contributed by atoms with E-state index in [1.54, 1.807) is 0 Å². The number of benzene rings is 1. The first-order chi connectivity index (χ1) is 16.1. The SMILES string of the molecule is [2H]c1nc(N([2H])C2([2H])C([2H])([2H])CN(C([2H])c3cc(F)c(F)c(Cl)c3)CC2([2H])[2H])c2sc(Cl)nc2n1. The quantitative estimate of drug-likeness (QED) is 0.596. The number of fused-ring (bicyclic) bond motifs is 1. The number of hydrogen-bond donors (Lipinski definition) is 1. The predicted molar refractivity (Wildman–Crippen MR) is 104 cm³/mol. The fraction of sp³-hybridized carbons (Fsp3) is 0.353. The van der Waals surface area contributed by atoms with Crippen LogP contribution >= 0.6 is 34.5 Å². The van der Waals surface area contributed by atoms with Crippen LogP contribution < -0.4 is 5.31 Å². The van der Waals surface area contributed by atoms with Crippen LogP contribution in [0.5, 0.6) is 0 Å². The van der Waals surface area contributed by atoms with Crippen LogP contribution in [0.1, 0.15) is 27.9 Å². The first-order valence-electron chi connectivity index (χ1n) is 11.5. The Balaban J connectivity index is 1.75. The zero-order valence-electron chi connectivity index (χ0n) is 21.3. The maximum Gasteiger partial charge on any atom is 0.186 e. The van der Waals surface area contributed by atoms with Gasteiger partial charge in [-0.05, 0) is 30.4 Å². The lowest BCUT2D eigenvalue weighted by Crippen LogP contribution is -2.38. The lowest BCUT2D eigenvalue weighted by atomic mass is 10.0. The third-order valence-electron chi connectivity index (χ3n) is 3.55. The van der Waals surface area contributed by atoms with E-state index in [4.69, 9.17) is 34.2 Å². The molecule has 0 radical (unpaired) electrons. The minimum absolute atomic E-state index is 0.00309. The van der Waals surface area contributed by atoms with Gasteiger partial charge in [0.25, 0.3) is 0 Å². The Kier molecular flexibility index (Phi) is 3.29. The van der Waals surface area contributed by atoms with Crippen molar-refractivity contribution >= 4 is 50.7 Å². The van der Waals surface area contributed by atoms with Crippen LogP contribution in [0.3, 0.4) is 0 Å². The summed E-state index contributed by atoms with van der Waals surface area (Å²) in [5, 5.41) is -0.344. The van der Waals surface area contributed by atoms with Gasteiger partial charge in [-0.2, -0.15) is 0 Å². The Hall–Kier alpha value is -1.61. The van der Waals surface area contributed by atoms with Crippen molar-refractivity contribution in [2.24, 2.45) is 0 Å². The summed E-state index contributed by atoms with van der Waals surface area (Å²) in [6, 6.07) is -1.22. The van der Waals surface area contributed by atoms with Crippen LogP contribution in [0.15, 0.2) is 18.4 Å². The molecule has 1 aliphatic rings. The topological polar surface area (TPSA) is 53.9 Å². The van der Waals surface area contributed by atoms with E-state index in [0.29, 0.717) is 6.07 Å². The second kappa shape index (κ2) is 7.79. The molecule has 1 N–H and O–H groups in total. The average molecular weight is 438 g/mol. The van der Waals surface area contributed by atoms with Gasteiger partial charge in [-0.3, -0.25) is 4.90 Å². The average Bonchev–Trinajstić information content (AvgIpc) is 3.12. The number of piperidine rings is 1. The maximum absolute atomic E-state index is 13.8. The molecule has 0 aliphatic carbocycles. The number of anilines is 1. The Morgan fingerprint density at radius 2 is 2.19 bits per heavy atom. The molecule has 4 rings (SSSR count). The third-order valence-corrected chi connectivity index (χ3v) is 4.97.